The van der Waals surface area contributed by atoms with E-state index in [-0.39, 0.29) is 24.7 Å². The van der Waals surface area contributed by atoms with Gasteiger partial charge in [-0.05, 0) is 42.6 Å². The predicted molar refractivity (Wildman–Crippen MR) is 104 cm³/mol. The fourth-order valence-electron chi connectivity index (χ4n) is 4.20. The van der Waals surface area contributed by atoms with Crippen LogP contribution in [0.2, 0.25) is 0 Å². The summed E-state index contributed by atoms with van der Waals surface area (Å²) in [5.74, 6) is -1.55. The molecule has 152 valence electrons. The van der Waals surface area contributed by atoms with Crippen LogP contribution in [0.5, 0.6) is 0 Å². The second-order valence-electron chi connectivity index (χ2n) is 7.68. The van der Waals surface area contributed by atoms with Gasteiger partial charge in [0, 0.05) is 18.5 Å². The van der Waals surface area contributed by atoms with Gasteiger partial charge < -0.3 is 5.32 Å². The highest BCUT2D eigenvalue weighted by molar-refractivity contribution is 6.07. The normalized spacial score (nSPS) is 21.0. The second kappa shape index (κ2) is 7.55. The summed E-state index contributed by atoms with van der Waals surface area (Å²) in [5.41, 5.74) is 1.26. The molecule has 0 radical (unpaired) electrons. The number of aryl methyl sites for hydroxylation is 1. The quantitative estimate of drug-likeness (QED) is 0.786. The molecule has 3 amide bonds. The van der Waals surface area contributed by atoms with E-state index >= 15 is 0 Å². The van der Waals surface area contributed by atoms with Crippen LogP contribution >= 0.6 is 0 Å². The number of urea groups is 1. The molecule has 1 spiro atoms. The molecule has 0 bridgehead atoms. The number of hydrogen-bond acceptors (Lipinski definition) is 3. The Hall–Kier alpha value is -2.80. The molecule has 29 heavy (non-hydrogen) atoms. The molecule has 2 aliphatic rings. The Morgan fingerprint density at radius 1 is 1.07 bits per heavy atom. The molecule has 1 unspecified atom stereocenters. The summed E-state index contributed by atoms with van der Waals surface area (Å²) in [6.45, 7) is 2.21. The van der Waals surface area contributed by atoms with Crippen molar-refractivity contribution < 1.29 is 18.4 Å². The van der Waals surface area contributed by atoms with Crippen molar-refractivity contribution in [3.63, 3.8) is 0 Å². The summed E-state index contributed by atoms with van der Waals surface area (Å²) >= 11 is 0. The van der Waals surface area contributed by atoms with Crippen molar-refractivity contribution in [2.24, 2.45) is 0 Å². The lowest BCUT2D eigenvalue weighted by Gasteiger charge is -2.32. The van der Waals surface area contributed by atoms with E-state index in [4.69, 9.17) is 0 Å². The van der Waals surface area contributed by atoms with Crippen molar-refractivity contribution in [3.05, 3.63) is 70.8 Å². The van der Waals surface area contributed by atoms with Crippen LogP contribution < -0.4 is 5.32 Å². The van der Waals surface area contributed by atoms with Crippen molar-refractivity contribution in [2.45, 2.75) is 38.3 Å². The maximum absolute atomic E-state index is 14.0. The maximum atomic E-state index is 14.0. The molecule has 5 nitrogen and oxygen atoms in total. The smallest absolute Gasteiger partial charge is 0.323 e. The summed E-state index contributed by atoms with van der Waals surface area (Å²) in [6.07, 6.45) is 1.71. The molecule has 7 heteroatoms. The number of carbonyl (C=O) groups is 2. The van der Waals surface area contributed by atoms with E-state index < -0.39 is 23.2 Å². The number of nitrogens with zero attached hydrogens (tertiary/aromatic N) is 2. The molecular formula is C22H23F2N3O2. The largest absolute Gasteiger partial charge is 0.326 e. The van der Waals surface area contributed by atoms with E-state index in [0.29, 0.717) is 25.8 Å². The average molecular weight is 399 g/mol. The Morgan fingerprint density at radius 2 is 1.76 bits per heavy atom. The summed E-state index contributed by atoms with van der Waals surface area (Å²) < 4.78 is 28.0. The lowest BCUT2D eigenvalue weighted by Crippen LogP contribution is -2.51. The van der Waals surface area contributed by atoms with E-state index in [0.717, 1.165) is 10.5 Å². The van der Waals surface area contributed by atoms with Gasteiger partial charge in [0.1, 0.15) is 17.2 Å². The van der Waals surface area contributed by atoms with Gasteiger partial charge in [-0.2, -0.15) is 0 Å². The highest BCUT2D eigenvalue weighted by Crippen LogP contribution is 2.33. The van der Waals surface area contributed by atoms with Gasteiger partial charge in [0.05, 0.1) is 6.67 Å². The molecule has 1 heterocycles. The third kappa shape index (κ3) is 3.51. The average Bonchev–Trinajstić information content (AvgIpc) is 2.93. The number of hydrogen-bond donors (Lipinski definition) is 1. The SMILES string of the molecule is CCN(Cc1c(F)cccc1F)CN1C(=O)NC2(CCc3ccccc3C2)C1=O. The highest BCUT2D eigenvalue weighted by atomic mass is 19.1. The molecule has 1 aliphatic carbocycles. The van der Waals surface area contributed by atoms with Crippen molar-refractivity contribution in [2.75, 3.05) is 13.2 Å². The van der Waals surface area contributed by atoms with E-state index in [1.807, 2.05) is 31.2 Å². The second-order valence-corrected chi connectivity index (χ2v) is 7.68. The zero-order valence-electron chi connectivity index (χ0n) is 16.3. The van der Waals surface area contributed by atoms with Crippen molar-refractivity contribution >= 4 is 11.9 Å². The zero-order valence-corrected chi connectivity index (χ0v) is 16.3. The molecule has 2 aromatic rings. The minimum absolute atomic E-state index is 0.0155. The van der Waals surface area contributed by atoms with Crippen LogP contribution in [0.25, 0.3) is 0 Å². The molecule has 1 N–H and O–H groups in total. The Morgan fingerprint density at radius 3 is 2.45 bits per heavy atom. The van der Waals surface area contributed by atoms with E-state index in [2.05, 4.69) is 5.32 Å². The van der Waals surface area contributed by atoms with Gasteiger partial charge in [0.25, 0.3) is 5.91 Å². The molecule has 1 aliphatic heterocycles. The number of nitrogens with one attached hydrogen (secondary N) is 1. The number of halogens is 2. The van der Waals surface area contributed by atoms with Crippen LogP contribution in [-0.4, -0.2) is 40.5 Å². The zero-order chi connectivity index (χ0) is 20.6. The topological polar surface area (TPSA) is 52.6 Å². The molecule has 0 aromatic heterocycles. The predicted octanol–water partition coefficient (Wildman–Crippen LogP) is 3.22. The van der Waals surface area contributed by atoms with Crippen LogP contribution in [0.4, 0.5) is 13.6 Å². The first-order valence-corrected chi connectivity index (χ1v) is 9.79. The third-order valence-electron chi connectivity index (χ3n) is 5.91. The van der Waals surface area contributed by atoms with E-state index in [1.54, 1.807) is 4.90 Å². The van der Waals surface area contributed by atoms with Gasteiger partial charge in [-0.15, -0.1) is 0 Å². The number of benzene rings is 2. The van der Waals surface area contributed by atoms with Gasteiger partial charge in [-0.25, -0.2) is 18.5 Å². The van der Waals surface area contributed by atoms with E-state index in [9.17, 15) is 18.4 Å². The minimum atomic E-state index is -0.936. The number of rotatable bonds is 5. The third-order valence-corrected chi connectivity index (χ3v) is 5.91. The van der Waals surface area contributed by atoms with Gasteiger partial charge >= 0.3 is 6.03 Å². The van der Waals surface area contributed by atoms with Crippen LogP contribution in [0.1, 0.15) is 30.0 Å². The Kier molecular flexibility index (Phi) is 5.08. The van der Waals surface area contributed by atoms with Gasteiger partial charge in [0.2, 0.25) is 0 Å². The van der Waals surface area contributed by atoms with Gasteiger partial charge in [-0.1, -0.05) is 37.3 Å². The Bertz CT molecular complexity index is 945. The summed E-state index contributed by atoms with van der Waals surface area (Å²) in [6, 6.07) is 11.2. The van der Waals surface area contributed by atoms with Crippen molar-refractivity contribution in [1.82, 2.24) is 15.1 Å². The first-order valence-electron chi connectivity index (χ1n) is 9.79. The lowest BCUT2D eigenvalue weighted by molar-refractivity contribution is -0.133. The molecule has 4 rings (SSSR count). The van der Waals surface area contributed by atoms with Gasteiger partial charge in [-0.3, -0.25) is 9.69 Å². The lowest BCUT2D eigenvalue weighted by atomic mass is 9.78. The maximum Gasteiger partial charge on any atom is 0.326 e. The van der Waals surface area contributed by atoms with E-state index in [1.165, 1.54) is 23.8 Å². The van der Waals surface area contributed by atoms with Crippen LogP contribution in [0.15, 0.2) is 42.5 Å². The monoisotopic (exact) mass is 399 g/mol. The Balaban J connectivity index is 1.52. The number of fused-ring (bicyclic) bond motifs is 1. The summed E-state index contributed by atoms with van der Waals surface area (Å²) in [7, 11) is 0. The minimum Gasteiger partial charge on any atom is -0.323 e. The molecule has 1 saturated heterocycles. The first kappa shape index (κ1) is 19.5. The molecule has 0 saturated carbocycles. The summed E-state index contributed by atoms with van der Waals surface area (Å²) in [5, 5.41) is 2.89. The molecule has 1 fully saturated rings. The molecular weight excluding hydrogens is 376 g/mol. The van der Waals surface area contributed by atoms with Gasteiger partial charge in [0.15, 0.2) is 0 Å². The first-order chi connectivity index (χ1) is 13.9. The Labute approximate surface area is 168 Å². The fourth-order valence-corrected chi connectivity index (χ4v) is 4.20. The standard InChI is InChI=1S/C22H23F2N3O2/c1-2-26(13-17-18(23)8-5-9-19(17)24)14-27-20(28)22(25-21(27)29)11-10-15-6-3-4-7-16(15)12-22/h3-9H,2,10-14H2,1H3,(H,25,29). The fraction of sp³-hybridized carbons (Fsp3) is 0.364. The highest BCUT2D eigenvalue weighted by Gasteiger charge is 2.52. The van der Waals surface area contributed by atoms with Crippen molar-refractivity contribution in [3.8, 4) is 0 Å². The number of imide groups is 1. The van der Waals surface area contributed by atoms with Crippen LogP contribution in [-0.2, 0) is 24.2 Å². The van der Waals surface area contributed by atoms with Crippen LogP contribution in [0, 0.1) is 11.6 Å². The molecule has 2 aromatic carbocycles. The van der Waals surface area contributed by atoms with Crippen molar-refractivity contribution in [1.29, 1.82) is 0 Å². The number of amides is 3. The van der Waals surface area contributed by atoms with Crippen LogP contribution in [0.3, 0.4) is 0 Å². The molecule has 1 atom stereocenters. The number of carbonyl (C=O) groups excluding carboxylic acids is 2. The summed E-state index contributed by atoms with van der Waals surface area (Å²) in [4.78, 5) is 28.7.